The highest BCUT2D eigenvalue weighted by Crippen LogP contribution is 2.44. The van der Waals surface area contributed by atoms with Gasteiger partial charge in [-0.15, -0.1) is 0 Å². The number of nitrogens with zero attached hydrogens (tertiary/aromatic N) is 2. The average Bonchev–Trinajstić information content (AvgIpc) is 2.29. The molecule has 0 radical (unpaired) electrons. The Bertz CT molecular complexity index is 462. The minimum atomic E-state index is 0.104. The van der Waals surface area contributed by atoms with Gasteiger partial charge in [0, 0.05) is 24.1 Å². The van der Waals surface area contributed by atoms with Crippen molar-refractivity contribution in [1.29, 1.82) is 0 Å². The van der Waals surface area contributed by atoms with Crippen molar-refractivity contribution in [3.63, 3.8) is 0 Å². The van der Waals surface area contributed by atoms with Gasteiger partial charge in [0.15, 0.2) is 0 Å². The maximum Gasteiger partial charge on any atom is 0.137 e. The number of ether oxygens (including phenoxy) is 1. The summed E-state index contributed by atoms with van der Waals surface area (Å²) >= 11 is 6.07. The first-order valence-electron chi connectivity index (χ1n) is 6.16. The summed E-state index contributed by atoms with van der Waals surface area (Å²) in [5.41, 5.74) is 1.01. The lowest BCUT2D eigenvalue weighted by atomic mass is 9.64. The quantitative estimate of drug-likeness (QED) is 0.857. The molecular weight excluding hydrogens is 250 g/mol. The zero-order chi connectivity index (χ0) is 13.5. The second kappa shape index (κ2) is 4.67. The van der Waals surface area contributed by atoms with Crippen LogP contribution >= 0.6 is 11.6 Å². The SMILES string of the molecule is COC1CC(Nc2nc(C)nc(Cl)c2C)C1(C)C. The van der Waals surface area contributed by atoms with E-state index < -0.39 is 0 Å². The summed E-state index contributed by atoms with van der Waals surface area (Å²) in [6, 6.07) is 0.353. The molecule has 1 N–H and O–H groups in total. The van der Waals surface area contributed by atoms with E-state index in [0.29, 0.717) is 23.1 Å². The van der Waals surface area contributed by atoms with Crippen LogP contribution in [0.3, 0.4) is 0 Å². The molecule has 2 atom stereocenters. The number of anilines is 1. The molecule has 1 aromatic heterocycles. The Morgan fingerprint density at radius 3 is 2.56 bits per heavy atom. The lowest BCUT2D eigenvalue weighted by Crippen LogP contribution is -2.57. The number of rotatable bonds is 3. The van der Waals surface area contributed by atoms with Crippen molar-refractivity contribution >= 4 is 17.4 Å². The number of nitrogens with one attached hydrogen (secondary N) is 1. The summed E-state index contributed by atoms with van der Waals surface area (Å²) in [6.45, 7) is 8.19. The van der Waals surface area contributed by atoms with E-state index in [2.05, 4.69) is 29.1 Å². The molecule has 5 heteroatoms. The number of hydrogen-bond acceptors (Lipinski definition) is 4. The van der Waals surface area contributed by atoms with Crippen molar-refractivity contribution in [3.05, 3.63) is 16.5 Å². The van der Waals surface area contributed by atoms with Crippen LogP contribution in [0, 0.1) is 19.3 Å². The van der Waals surface area contributed by atoms with Crippen molar-refractivity contribution in [2.24, 2.45) is 5.41 Å². The first-order valence-corrected chi connectivity index (χ1v) is 6.54. The summed E-state index contributed by atoms with van der Waals surface area (Å²) in [5.74, 6) is 1.52. The van der Waals surface area contributed by atoms with Crippen molar-refractivity contribution in [1.82, 2.24) is 9.97 Å². The normalized spacial score (nSPS) is 25.7. The van der Waals surface area contributed by atoms with Gasteiger partial charge in [-0.25, -0.2) is 9.97 Å². The standard InChI is InChI=1S/C13H20ClN3O/c1-7-11(14)15-8(2)16-12(7)17-9-6-10(18-5)13(9,3)4/h9-10H,6H2,1-5H3,(H,15,16,17). The fourth-order valence-corrected chi connectivity index (χ4v) is 2.64. The molecular formula is C13H20ClN3O. The van der Waals surface area contributed by atoms with E-state index in [9.17, 15) is 0 Å². The van der Waals surface area contributed by atoms with Gasteiger partial charge < -0.3 is 10.1 Å². The van der Waals surface area contributed by atoms with Crippen LogP contribution in [0.15, 0.2) is 0 Å². The van der Waals surface area contributed by atoms with E-state index in [1.807, 2.05) is 13.8 Å². The average molecular weight is 270 g/mol. The molecule has 1 aromatic rings. The van der Waals surface area contributed by atoms with Crippen LogP contribution in [-0.2, 0) is 4.74 Å². The van der Waals surface area contributed by atoms with Crippen LogP contribution in [0.4, 0.5) is 5.82 Å². The van der Waals surface area contributed by atoms with Crippen molar-refractivity contribution in [3.8, 4) is 0 Å². The third-order valence-corrected chi connectivity index (χ3v) is 4.34. The summed E-state index contributed by atoms with van der Waals surface area (Å²) < 4.78 is 5.45. The molecule has 100 valence electrons. The highest BCUT2D eigenvalue weighted by Gasteiger charge is 2.48. The van der Waals surface area contributed by atoms with E-state index in [0.717, 1.165) is 17.8 Å². The zero-order valence-corrected chi connectivity index (χ0v) is 12.3. The smallest absolute Gasteiger partial charge is 0.137 e. The molecule has 0 amide bonds. The molecule has 0 aliphatic heterocycles. The van der Waals surface area contributed by atoms with Crippen molar-refractivity contribution in [2.75, 3.05) is 12.4 Å². The van der Waals surface area contributed by atoms with E-state index in [1.54, 1.807) is 7.11 Å². The molecule has 0 spiro atoms. The topological polar surface area (TPSA) is 47.0 Å². The molecule has 4 nitrogen and oxygen atoms in total. The first-order chi connectivity index (χ1) is 8.36. The predicted octanol–water partition coefficient (Wildman–Crippen LogP) is 2.97. The van der Waals surface area contributed by atoms with Crippen LogP contribution in [0.5, 0.6) is 0 Å². The maximum absolute atomic E-state index is 6.07. The van der Waals surface area contributed by atoms with E-state index in [4.69, 9.17) is 16.3 Å². The Morgan fingerprint density at radius 1 is 1.33 bits per heavy atom. The Labute approximate surface area is 113 Å². The van der Waals surface area contributed by atoms with E-state index in [-0.39, 0.29) is 5.41 Å². The maximum atomic E-state index is 6.07. The molecule has 2 rings (SSSR count). The van der Waals surface area contributed by atoms with E-state index in [1.165, 1.54) is 0 Å². The number of aryl methyl sites for hydroxylation is 1. The van der Waals surface area contributed by atoms with Crippen molar-refractivity contribution < 1.29 is 4.74 Å². The number of hydrogen-bond donors (Lipinski definition) is 1. The van der Waals surface area contributed by atoms with Gasteiger partial charge in [0.25, 0.3) is 0 Å². The Hall–Kier alpha value is -0.870. The van der Waals surface area contributed by atoms with Crippen molar-refractivity contribution in [2.45, 2.75) is 46.3 Å². The second-order valence-corrected chi connectivity index (χ2v) is 5.87. The van der Waals surface area contributed by atoms with E-state index >= 15 is 0 Å². The minimum absolute atomic E-state index is 0.104. The molecule has 1 aliphatic rings. The Morgan fingerprint density at radius 2 is 2.00 bits per heavy atom. The summed E-state index contributed by atoms with van der Waals surface area (Å²) in [7, 11) is 1.76. The summed E-state index contributed by atoms with van der Waals surface area (Å²) in [6.07, 6.45) is 1.29. The highest BCUT2D eigenvalue weighted by molar-refractivity contribution is 6.30. The second-order valence-electron chi connectivity index (χ2n) is 5.51. The van der Waals surface area contributed by atoms with Crippen LogP contribution in [0.25, 0.3) is 0 Å². The third kappa shape index (κ3) is 2.19. The van der Waals surface area contributed by atoms with Gasteiger partial charge in [0.1, 0.15) is 16.8 Å². The van der Waals surface area contributed by atoms with Crippen LogP contribution < -0.4 is 5.32 Å². The molecule has 0 bridgehead atoms. The van der Waals surface area contributed by atoms with Gasteiger partial charge in [-0.3, -0.25) is 0 Å². The number of aromatic nitrogens is 2. The molecule has 0 saturated heterocycles. The Balaban J connectivity index is 2.17. The summed E-state index contributed by atoms with van der Waals surface area (Å²) in [4.78, 5) is 8.57. The van der Waals surface area contributed by atoms with Gasteiger partial charge >= 0.3 is 0 Å². The third-order valence-electron chi connectivity index (χ3n) is 3.97. The summed E-state index contributed by atoms with van der Waals surface area (Å²) in [5, 5.41) is 3.99. The molecule has 1 heterocycles. The monoisotopic (exact) mass is 269 g/mol. The fraction of sp³-hybridized carbons (Fsp3) is 0.692. The molecule has 1 aliphatic carbocycles. The zero-order valence-electron chi connectivity index (χ0n) is 11.5. The van der Waals surface area contributed by atoms with Gasteiger partial charge in [0.05, 0.1) is 6.10 Å². The minimum Gasteiger partial charge on any atom is -0.381 e. The van der Waals surface area contributed by atoms with Crippen LogP contribution in [0.2, 0.25) is 5.15 Å². The van der Waals surface area contributed by atoms with Crippen LogP contribution in [-0.4, -0.2) is 29.2 Å². The van der Waals surface area contributed by atoms with Gasteiger partial charge in [0.2, 0.25) is 0 Å². The first kappa shape index (κ1) is 13.6. The van der Waals surface area contributed by atoms with Crippen LogP contribution in [0.1, 0.15) is 31.7 Å². The Kier molecular flexibility index (Phi) is 3.52. The fourth-order valence-electron chi connectivity index (χ4n) is 2.43. The number of halogens is 1. The molecule has 1 fully saturated rings. The highest BCUT2D eigenvalue weighted by atomic mass is 35.5. The van der Waals surface area contributed by atoms with Gasteiger partial charge in [-0.1, -0.05) is 25.4 Å². The molecule has 1 saturated carbocycles. The lowest BCUT2D eigenvalue weighted by molar-refractivity contribution is -0.0795. The lowest BCUT2D eigenvalue weighted by Gasteiger charge is -2.51. The predicted molar refractivity (Wildman–Crippen MR) is 73.1 cm³/mol. The molecule has 18 heavy (non-hydrogen) atoms. The number of methoxy groups -OCH3 is 1. The van der Waals surface area contributed by atoms with Gasteiger partial charge in [-0.2, -0.15) is 0 Å². The van der Waals surface area contributed by atoms with Gasteiger partial charge in [-0.05, 0) is 20.3 Å². The molecule has 2 unspecified atom stereocenters. The molecule has 0 aromatic carbocycles. The largest absolute Gasteiger partial charge is 0.381 e.